The highest BCUT2D eigenvalue weighted by Crippen LogP contribution is 2.29. The molecule has 0 spiro atoms. The van der Waals surface area contributed by atoms with Gasteiger partial charge < -0.3 is 0 Å². The fourth-order valence-electron chi connectivity index (χ4n) is 3.95. The largest absolute Gasteiger partial charge is 0.262 e. The van der Waals surface area contributed by atoms with E-state index in [-0.39, 0.29) is 0 Å². The van der Waals surface area contributed by atoms with Crippen molar-refractivity contribution in [2.75, 3.05) is 5.75 Å². The number of hydrogen-bond acceptors (Lipinski definition) is 4. The molecule has 0 radical (unpaired) electrons. The second-order valence-corrected chi connectivity index (χ2v) is 11.5. The van der Waals surface area contributed by atoms with Crippen LogP contribution in [0.2, 0.25) is 0 Å². The molecule has 1 N–H and O–H groups in total. The van der Waals surface area contributed by atoms with Gasteiger partial charge >= 0.3 is 0 Å². The molecule has 0 saturated heterocycles. The normalized spacial score (nSPS) is 11.4. The van der Waals surface area contributed by atoms with Gasteiger partial charge in [0.2, 0.25) is 5.16 Å². The Balaban J connectivity index is 1.77. The van der Waals surface area contributed by atoms with Crippen LogP contribution in [-0.2, 0) is 6.42 Å². The molecular weight excluding hydrogens is 418 g/mol. The van der Waals surface area contributed by atoms with Crippen LogP contribution < -0.4 is 0 Å². The monoisotopic (exact) mass is 469 g/mol. The maximum Gasteiger partial charge on any atom is 0.219 e. The van der Waals surface area contributed by atoms with E-state index < -0.39 is 0 Å². The maximum absolute atomic E-state index is 4.60. The number of H-pyrrole nitrogens is 1. The number of aryl methyl sites for hydroxylation is 1. The molecule has 0 saturated carbocycles. The summed E-state index contributed by atoms with van der Waals surface area (Å²) in [6, 6.07) is 0. The third kappa shape index (κ3) is 19.1. The molecule has 1 aromatic heterocycles. The first kappa shape index (κ1) is 28.9. The van der Waals surface area contributed by atoms with Crippen LogP contribution in [0.5, 0.6) is 0 Å². The molecule has 0 amide bonds. The van der Waals surface area contributed by atoms with Crippen LogP contribution in [0.4, 0.5) is 0 Å². The summed E-state index contributed by atoms with van der Waals surface area (Å²) in [5.41, 5.74) is 0. The van der Waals surface area contributed by atoms with Crippen LogP contribution in [0, 0.1) is 0 Å². The minimum atomic E-state index is 0.909. The average Bonchev–Trinajstić information content (AvgIpc) is 3.23. The molecule has 182 valence electrons. The standard InChI is InChI=1S/C26H51N3S2/c1-3-5-7-9-10-11-12-13-14-15-16-17-18-19-20-22-24-30-31-26-27-25(28-29-26)23-21-8-6-4-2/h3-24H2,1-2H3,(H,27,28,29). The van der Waals surface area contributed by atoms with Crippen molar-refractivity contribution in [2.24, 2.45) is 0 Å². The zero-order chi connectivity index (χ0) is 22.2. The average molecular weight is 470 g/mol. The quantitative estimate of drug-likeness (QED) is 0.121. The van der Waals surface area contributed by atoms with Crippen molar-refractivity contribution in [3.05, 3.63) is 5.82 Å². The summed E-state index contributed by atoms with van der Waals surface area (Å²) in [7, 11) is 3.65. The Morgan fingerprint density at radius 1 is 0.581 bits per heavy atom. The minimum Gasteiger partial charge on any atom is -0.262 e. The van der Waals surface area contributed by atoms with Gasteiger partial charge in [-0.3, -0.25) is 5.10 Å². The zero-order valence-electron chi connectivity index (χ0n) is 20.8. The Kier molecular flexibility index (Phi) is 21.4. The Morgan fingerprint density at radius 2 is 1.03 bits per heavy atom. The first-order chi connectivity index (χ1) is 15.4. The van der Waals surface area contributed by atoms with Crippen LogP contribution in [0.1, 0.15) is 148 Å². The summed E-state index contributed by atoms with van der Waals surface area (Å²) in [4.78, 5) is 4.60. The fourth-order valence-corrected chi connectivity index (χ4v) is 5.83. The highest BCUT2D eigenvalue weighted by atomic mass is 33.1. The third-order valence-corrected chi connectivity index (χ3v) is 8.20. The predicted molar refractivity (Wildman–Crippen MR) is 142 cm³/mol. The van der Waals surface area contributed by atoms with Crippen LogP contribution in [0.25, 0.3) is 0 Å². The molecule has 0 fully saturated rings. The number of hydrogen-bond donors (Lipinski definition) is 1. The van der Waals surface area contributed by atoms with E-state index in [2.05, 4.69) is 29.0 Å². The smallest absolute Gasteiger partial charge is 0.219 e. The minimum absolute atomic E-state index is 0.909. The SMILES string of the molecule is CCCCCCCCCCCCCCCCCCSSc1n[nH]c(CCCCCC)n1. The topological polar surface area (TPSA) is 41.6 Å². The molecule has 0 aromatic carbocycles. The van der Waals surface area contributed by atoms with Gasteiger partial charge in [0.05, 0.1) is 0 Å². The molecule has 3 nitrogen and oxygen atoms in total. The van der Waals surface area contributed by atoms with Gasteiger partial charge in [-0.25, -0.2) is 4.98 Å². The lowest BCUT2D eigenvalue weighted by Crippen LogP contribution is -1.88. The Labute approximate surface area is 201 Å². The highest BCUT2D eigenvalue weighted by Gasteiger charge is 2.04. The molecule has 0 atom stereocenters. The van der Waals surface area contributed by atoms with Crippen molar-refractivity contribution in [1.82, 2.24) is 15.2 Å². The van der Waals surface area contributed by atoms with Crippen molar-refractivity contribution in [3.8, 4) is 0 Å². The van der Waals surface area contributed by atoms with E-state index in [0.29, 0.717) is 0 Å². The summed E-state index contributed by atoms with van der Waals surface area (Å²) >= 11 is 0. The lowest BCUT2D eigenvalue weighted by Gasteiger charge is -2.03. The number of nitrogens with one attached hydrogen (secondary N) is 1. The van der Waals surface area contributed by atoms with E-state index in [1.807, 2.05) is 10.8 Å². The molecule has 0 aliphatic rings. The number of rotatable bonds is 24. The van der Waals surface area contributed by atoms with E-state index in [1.54, 1.807) is 10.8 Å². The van der Waals surface area contributed by atoms with Gasteiger partial charge in [-0.1, -0.05) is 140 Å². The zero-order valence-corrected chi connectivity index (χ0v) is 22.4. The molecule has 0 bridgehead atoms. The van der Waals surface area contributed by atoms with Crippen LogP contribution in [0.15, 0.2) is 5.16 Å². The molecule has 0 unspecified atom stereocenters. The molecule has 1 rings (SSSR count). The molecule has 0 aliphatic heterocycles. The van der Waals surface area contributed by atoms with Gasteiger partial charge in [0.15, 0.2) is 0 Å². The van der Waals surface area contributed by atoms with Gasteiger partial charge in [0, 0.05) is 12.2 Å². The van der Waals surface area contributed by atoms with Crippen LogP contribution in [0.3, 0.4) is 0 Å². The van der Waals surface area contributed by atoms with Gasteiger partial charge in [-0.2, -0.15) is 0 Å². The number of aromatic amines is 1. The third-order valence-electron chi connectivity index (χ3n) is 5.99. The molecule has 5 heteroatoms. The molecule has 31 heavy (non-hydrogen) atoms. The second-order valence-electron chi connectivity index (χ2n) is 9.08. The van der Waals surface area contributed by atoms with Crippen molar-refractivity contribution in [1.29, 1.82) is 0 Å². The van der Waals surface area contributed by atoms with E-state index in [1.165, 1.54) is 134 Å². The number of aromatic nitrogens is 3. The number of unbranched alkanes of at least 4 members (excludes halogenated alkanes) is 18. The van der Waals surface area contributed by atoms with E-state index in [0.717, 1.165) is 17.4 Å². The summed E-state index contributed by atoms with van der Waals surface area (Å²) in [6.45, 7) is 4.55. The molecule has 0 aliphatic carbocycles. The van der Waals surface area contributed by atoms with E-state index in [9.17, 15) is 0 Å². The first-order valence-corrected chi connectivity index (χ1v) is 15.9. The summed E-state index contributed by atoms with van der Waals surface area (Å²) in [6.07, 6.45) is 29.1. The van der Waals surface area contributed by atoms with E-state index in [4.69, 9.17) is 0 Å². The van der Waals surface area contributed by atoms with Crippen molar-refractivity contribution in [2.45, 2.75) is 154 Å². The predicted octanol–water partition coefficient (Wildman–Crippen LogP) is 9.93. The summed E-state index contributed by atoms with van der Waals surface area (Å²) in [5.74, 6) is 2.27. The van der Waals surface area contributed by atoms with Gasteiger partial charge in [0.25, 0.3) is 0 Å². The Bertz CT molecular complexity index is 479. The molecule has 1 heterocycles. The Hall–Kier alpha value is -0.160. The van der Waals surface area contributed by atoms with Crippen molar-refractivity contribution < 1.29 is 0 Å². The maximum atomic E-state index is 4.60. The first-order valence-electron chi connectivity index (χ1n) is 13.6. The summed E-state index contributed by atoms with van der Waals surface area (Å²) < 4.78 is 0. The van der Waals surface area contributed by atoms with Gasteiger partial charge in [0.1, 0.15) is 5.82 Å². The fraction of sp³-hybridized carbons (Fsp3) is 0.923. The van der Waals surface area contributed by atoms with Crippen LogP contribution in [-0.4, -0.2) is 20.9 Å². The second kappa shape index (κ2) is 23.0. The van der Waals surface area contributed by atoms with Gasteiger partial charge in [-0.05, 0) is 23.6 Å². The van der Waals surface area contributed by atoms with Crippen LogP contribution >= 0.6 is 21.6 Å². The summed E-state index contributed by atoms with van der Waals surface area (Å²) in [5, 5.41) is 8.34. The highest BCUT2D eigenvalue weighted by molar-refractivity contribution is 8.76. The Morgan fingerprint density at radius 3 is 1.55 bits per heavy atom. The molecular formula is C26H51N3S2. The number of nitrogens with zero attached hydrogens (tertiary/aromatic N) is 2. The lowest BCUT2D eigenvalue weighted by atomic mass is 10.0. The van der Waals surface area contributed by atoms with E-state index >= 15 is 0 Å². The van der Waals surface area contributed by atoms with Crippen molar-refractivity contribution >= 4 is 21.6 Å². The lowest BCUT2D eigenvalue weighted by molar-refractivity contribution is 0.532. The van der Waals surface area contributed by atoms with Gasteiger partial charge in [-0.15, -0.1) is 5.10 Å². The molecule has 1 aromatic rings. The van der Waals surface area contributed by atoms with Crippen molar-refractivity contribution in [3.63, 3.8) is 0 Å².